The van der Waals surface area contributed by atoms with Crippen LogP contribution in [0.2, 0.25) is 0 Å². The van der Waals surface area contributed by atoms with Gasteiger partial charge in [-0.3, -0.25) is 4.98 Å². The molecule has 28 heavy (non-hydrogen) atoms. The number of hydrogen-bond acceptors (Lipinski definition) is 7. The first-order valence-corrected chi connectivity index (χ1v) is 8.99. The van der Waals surface area contributed by atoms with Gasteiger partial charge in [0.25, 0.3) is 0 Å². The van der Waals surface area contributed by atoms with Crippen molar-refractivity contribution in [3.63, 3.8) is 0 Å². The van der Waals surface area contributed by atoms with Crippen LogP contribution in [0.4, 0.5) is 11.5 Å². The molecule has 0 amide bonds. The number of rotatable bonds is 8. The van der Waals surface area contributed by atoms with Crippen LogP contribution in [0.5, 0.6) is 17.2 Å². The van der Waals surface area contributed by atoms with Crippen LogP contribution < -0.4 is 19.5 Å². The van der Waals surface area contributed by atoms with Gasteiger partial charge in [-0.25, -0.2) is 4.98 Å². The molecule has 2 aromatic carbocycles. The average Bonchev–Trinajstić information content (AvgIpc) is 2.67. The van der Waals surface area contributed by atoms with Crippen molar-refractivity contribution in [2.75, 3.05) is 26.1 Å². The number of ether oxygens (including phenoxy) is 3. The fourth-order valence-corrected chi connectivity index (χ4v) is 2.65. The Kier molecular flexibility index (Phi) is 5.84. The van der Waals surface area contributed by atoms with Crippen LogP contribution in [0.25, 0.3) is 11.0 Å². The molecular formula is C21H25N3O4. The van der Waals surface area contributed by atoms with Crippen molar-refractivity contribution < 1.29 is 19.3 Å². The second-order valence-electron chi connectivity index (χ2n) is 6.99. The SMILES string of the molecule is COc1cc(Nc2cnc3ccccc3n2)c(OCCC(C)(C)O)c(OC)c1. The van der Waals surface area contributed by atoms with E-state index >= 15 is 0 Å². The first kappa shape index (κ1) is 19.7. The molecule has 0 bridgehead atoms. The zero-order valence-corrected chi connectivity index (χ0v) is 16.5. The van der Waals surface area contributed by atoms with E-state index in [1.54, 1.807) is 46.4 Å². The molecular weight excluding hydrogens is 358 g/mol. The fourth-order valence-electron chi connectivity index (χ4n) is 2.65. The number of para-hydroxylation sites is 2. The summed E-state index contributed by atoms with van der Waals surface area (Å²) in [6.07, 6.45) is 2.13. The minimum absolute atomic E-state index is 0.324. The van der Waals surface area contributed by atoms with E-state index in [9.17, 15) is 5.11 Å². The summed E-state index contributed by atoms with van der Waals surface area (Å²) in [6, 6.07) is 11.2. The number of benzene rings is 2. The summed E-state index contributed by atoms with van der Waals surface area (Å²) in [5.74, 6) is 2.22. The lowest BCUT2D eigenvalue weighted by atomic mass is 10.1. The van der Waals surface area contributed by atoms with Crippen molar-refractivity contribution in [2.45, 2.75) is 25.9 Å². The first-order chi connectivity index (χ1) is 13.4. The van der Waals surface area contributed by atoms with Crippen LogP contribution in [0, 0.1) is 0 Å². The van der Waals surface area contributed by atoms with Gasteiger partial charge in [0.15, 0.2) is 11.5 Å². The molecule has 0 spiro atoms. The Morgan fingerprint density at radius 2 is 1.82 bits per heavy atom. The van der Waals surface area contributed by atoms with E-state index in [1.807, 2.05) is 24.3 Å². The fraction of sp³-hybridized carbons (Fsp3) is 0.333. The van der Waals surface area contributed by atoms with Crippen molar-refractivity contribution in [3.8, 4) is 17.2 Å². The number of fused-ring (bicyclic) bond motifs is 1. The van der Waals surface area contributed by atoms with Crippen molar-refractivity contribution in [2.24, 2.45) is 0 Å². The van der Waals surface area contributed by atoms with Gasteiger partial charge in [0.2, 0.25) is 0 Å². The second kappa shape index (κ2) is 8.31. The van der Waals surface area contributed by atoms with E-state index in [0.717, 1.165) is 11.0 Å². The zero-order valence-electron chi connectivity index (χ0n) is 16.5. The number of aliphatic hydroxyl groups is 1. The van der Waals surface area contributed by atoms with E-state index < -0.39 is 5.60 Å². The van der Waals surface area contributed by atoms with E-state index in [-0.39, 0.29) is 0 Å². The van der Waals surface area contributed by atoms with Gasteiger partial charge < -0.3 is 24.6 Å². The van der Waals surface area contributed by atoms with Crippen molar-refractivity contribution in [3.05, 3.63) is 42.6 Å². The topological polar surface area (TPSA) is 85.7 Å². The lowest BCUT2D eigenvalue weighted by Gasteiger charge is -2.20. The maximum atomic E-state index is 9.94. The Morgan fingerprint density at radius 3 is 2.50 bits per heavy atom. The Balaban J connectivity index is 1.94. The molecule has 3 aromatic rings. The van der Waals surface area contributed by atoms with Gasteiger partial charge in [-0.15, -0.1) is 0 Å². The molecule has 7 nitrogen and oxygen atoms in total. The number of nitrogens with one attached hydrogen (secondary N) is 1. The highest BCUT2D eigenvalue weighted by molar-refractivity contribution is 5.77. The van der Waals surface area contributed by atoms with E-state index in [4.69, 9.17) is 14.2 Å². The van der Waals surface area contributed by atoms with Crippen molar-refractivity contribution in [1.82, 2.24) is 9.97 Å². The summed E-state index contributed by atoms with van der Waals surface area (Å²) in [5, 5.41) is 13.2. The number of anilines is 2. The predicted octanol–water partition coefficient (Wildman–Crippen LogP) is 3.93. The second-order valence-corrected chi connectivity index (χ2v) is 6.99. The largest absolute Gasteiger partial charge is 0.497 e. The highest BCUT2D eigenvalue weighted by Crippen LogP contribution is 2.41. The van der Waals surface area contributed by atoms with Crippen molar-refractivity contribution >= 4 is 22.5 Å². The smallest absolute Gasteiger partial charge is 0.184 e. The Labute approximate surface area is 164 Å². The van der Waals surface area contributed by atoms with Gasteiger partial charge in [0.05, 0.1) is 49.3 Å². The summed E-state index contributed by atoms with van der Waals surface area (Å²) >= 11 is 0. The third kappa shape index (κ3) is 4.80. The molecule has 2 N–H and O–H groups in total. The molecule has 0 atom stereocenters. The maximum absolute atomic E-state index is 9.94. The lowest BCUT2D eigenvalue weighted by Crippen LogP contribution is -2.22. The highest BCUT2D eigenvalue weighted by atomic mass is 16.5. The van der Waals surface area contributed by atoms with Crippen LogP contribution in [0.3, 0.4) is 0 Å². The predicted molar refractivity (Wildman–Crippen MR) is 109 cm³/mol. The Hall–Kier alpha value is -3.06. The van der Waals surface area contributed by atoms with Gasteiger partial charge in [-0.1, -0.05) is 12.1 Å². The zero-order chi connectivity index (χ0) is 20.1. The van der Waals surface area contributed by atoms with E-state index in [0.29, 0.717) is 41.8 Å². The third-order valence-electron chi connectivity index (χ3n) is 4.16. The lowest BCUT2D eigenvalue weighted by molar-refractivity contribution is 0.0550. The minimum atomic E-state index is -0.822. The molecule has 0 unspecified atom stereocenters. The average molecular weight is 383 g/mol. The molecule has 0 radical (unpaired) electrons. The number of methoxy groups -OCH3 is 2. The van der Waals surface area contributed by atoms with Gasteiger partial charge in [0.1, 0.15) is 11.6 Å². The summed E-state index contributed by atoms with van der Waals surface area (Å²) < 4.78 is 16.8. The van der Waals surface area contributed by atoms with Gasteiger partial charge in [0, 0.05) is 18.6 Å². The third-order valence-corrected chi connectivity index (χ3v) is 4.16. The quantitative estimate of drug-likeness (QED) is 0.609. The van der Waals surface area contributed by atoms with Crippen LogP contribution in [0.15, 0.2) is 42.6 Å². The molecule has 0 aliphatic heterocycles. The van der Waals surface area contributed by atoms with Gasteiger partial charge in [-0.05, 0) is 26.0 Å². The molecule has 0 fully saturated rings. The number of hydrogen-bond donors (Lipinski definition) is 2. The number of nitrogens with zero attached hydrogens (tertiary/aromatic N) is 2. The Bertz CT molecular complexity index is 954. The molecule has 3 rings (SSSR count). The molecule has 7 heteroatoms. The van der Waals surface area contributed by atoms with E-state index in [2.05, 4.69) is 15.3 Å². The highest BCUT2D eigenvalue weighted by Gasteiger charge is 2.18. The normalized spacial score (nSPS) is 11.3. The van der Waals surface area contributed by atoms with E-state index in [1.165, 1.54) is 0 Å². The molecule has 0 aliphatic carbocycles. The molecule has 1 heterocycles. The molecule has 0 saturated heterocycles. The Morgan fingerprint density at radius 1 is 1.07 bits per heavy atom. The molecule has 148 valence electrons. The van der Waals surface area contributed by atoms with Crippen LogP contribution in [0.1, 0.15) is 20.3 Å². The summed E-state index contributed by atoms with van der Waals surface area (Å²) in [5.41, 5.74) is 1.42. The van der Waals surface area contributed by atoms with Crippen LogP contribution in [-0.2, 0) is 0 Å². The minimum Gasteiger partial charge on any atom is -0.497 e. The summed E-state index contributed by atoms with van der Waals surface area (Å²) in [6.45, 7) is 3.81. The first-order valence-electron chi connectivity index (χ1n) is 8.99. The summed E-state index contributed by atoms with van der Waals surface area (Å²) in [4.78, 5) is 9.02. The van der Waals surface area contributed by atoms with Crippen LogP contribution in [-0.4, -0.2) is 41.5 Å². The standard InChI is InChI=1S/C21H25N3O4/c1-21(2,25)9-10-28-20-17(11-14(26-3)12-18(20)27-4)24-19-13-22-15-7-5-6-8-16(15)23-19/h5-8,11-13,25H,9-10H2,1-4H3,(H,23,24). The van der Waals surface area contributed by atoms with Crippen molar-refractivity contribution in [1.29, 1.82) is 0 Å². The molecule has 1 aromatic heterocycles. The van der Waals surface area contributed by atoms with Crippen LogP contribution >= 0.6 is 0 Å². The summed E-state index contributed by atoms with van der Waals surface area (Å²) in [7, 11) is 3.15. The van der Waals surface area contributed by atoms with Gasteiger partial charge >= 0.3 is 0 Å². The maximum Gasteiger partial charge on any atom is 0.184 e. The monoisotopic (exact) mass is 383 g/mol. The number of aromatic nitrogens is 2. The van der Waals surface area contributed by atoms with Gasteiger partial charge in [-0.2, -0.15) is 0 Å². The molecule has 0 aliphatic rings. The molecule has 0 saturated carbocycles.